The Labute approximate surface area is 118 Å². The number of carbonyl (C=O) groups excluding carboxylic acids is 2. The highest BCUT2D eigenvalue weighted by Crippen LogP contribution is 2.17. The third-order valence-corrected chi connectivity index (χ3v) is 2.40. The van der Waals surface area contributed by atoms with Crippen molar-refractivity contribution in [2.24, 2.45) is 5.73 Å². The Morgan fingerprint density at radius 2 is 2.10 bits per heavy atom. The lowest BCUT2D eigenvalue weighted by Gasteiger charge is -2.12. The van der Waals surface area contributed by atoms with Crippen LogP contribution in [0, 0.1) is 0 Å². The molecule has 6 nitrogen and oxygen atoms in total. The van der Waals surface area contributed by atoms with Crippen LogP contribution in [-0.4, -0.2) is 31.1 Å². The molecule has 0 saturated carbocycles. The highest BCUT2D eigenvalue weighted by molar-refractivity contribution is 6.08. The Bertz CT molecular complexity index is 462. The molecule has 0 heterocycles. The minimum Gasteiger partial charge on any atom is -0.494 e. The van der Waals surface area contributed by atoms with Gasteiger partial charge >= 0.3 is 5.97 Å². The fraction of sp³-hybridized carbons (Fsp3) is 0.429. The van der Waals surface area contributed by atoms with Crippen LogP contribution in [-0.2, 0) is 14.3 Å². The molecule has 0 aliphatic carbocycles. The maximum Gasteiger partial charge on any atom is 0.332 e. The summed E-state index contributed by atoms with van der Waals surface area (Å²) in [5.41, 5.74) is 6.01. The van der Waals surface area contributed by atoms with Gasteiger partial charge in [-0.2, -0.15) is 0 Å². The van der Waals surface area contributed by atoms with Gasteiger partial charge in [0.05, 0.1) is 13.2 Å². The van der Waals surface area contributed by atoms with Gasteiger partial charge in [-0.25, -0.2) is 4.79 Å². The number of hydrogen-bond acceptors (Lipinski definition) is 5. The second-order valence-electron chi connectivity index (χ2n) is 4.10. The zero-order valence-corrected chi connectivity index (χ0v) is 11.7. The number of nitrogens with two attached hydrogens (primary N) is 1. The van der Waals surface area contributed by atoms with E-state index in [1.165, 1.54) is 0 Å². The molecular formula is C14H20N2O4. The number of amides is 1. The molecule has 3 N–H and O–H groups in total. The molecule has 0 saturated heterocycles. The standard InChI is InChI=1S/C14H20N2O4/c1-3-8-20-11-7-5-6-10(9-11)16-13(17)12(15)14(18)19-4-2/h5-7,9,12H,3-4,8,15H2,1-2H3,(H,16,17). The van der Waals surface area contributed by atoms with Crippen molar-refractivity contribution in [1.29, 1.82) is 0 Å². The number of carbonyl (C=O) groups is 2. The van der Waals surface area contributed by atoms with Gasteiger partial charge in [0.2, 0.25) is 0 Å². The van der Waals surface area contributed by atoms with Gasteiger partial charge in [0.15, 0.2) is 6.04 Å². The van der Waals surface area contributed by atoms with E-state index in [1.807, 2.05) is 6.92 Å². The van der Waals surface area contributed by atoms with Crippen LogP contribution >= 0.6 is 0 Å². The highest BCUT2D eigenvalue weighted by atomic mass is 16.5. The number of esters is 1. The summed E-state index contributed by atoms with van der Waals surface area (Å²) in [5.74, 6) is -0.714. The SMILES string of the molecule is CCCOc1cccc(NC(=O)C(N)C(=O)OCC)c1. The first kappa shape index (κ1) is 16.0. The fourth-order valence-electron chi connectivity index (χ4n) is 1.44. The Morgan fingerprint density at radius 1 is 1.35 bits per heavy atom. The van der Waals surface area contributed by atoms with Crippen molar-refractivity contribution in [2.75, 3.05) is 18.5 Å². The molecule has 1 aromatic rings. The molecule has 0 aromatic heterocycles. The van der Waals surface area contributed by atoms with E-state index in [-0.39, 0.29) is 6.61 Å². The summed E-state index contributed by atoms with van der Waals surface area (Å²) in [7, 11) is 0. The largest absolute Gasteiger partial charge is 0.494 e. The van der Waals surface area contributed by atoms with E-state index in [9.17, 15) is 9.59 Å². The van der Waals surface area contributed by atoms with Crippen molar-refractivity contribution in [3.05, 3.63) is 24.3 Å². The zero-order chi connectivity index (χ0) is 15.0. The molecule has 110 valence electrons. The summed E-state index contributed by atoms with van der Waals surface area (Å²) in [6.45, 7) is 4.43. The first-order valence-corrected chi connectivity index (χ1v) is 6.54. The molecule has 20 heavy (non-hydrogen) atoms. The van der Waals surface area contributed by atoms with Crippen LogP contribution in [0.5, 0.6) is 5.75 Å². The molecule has 0 aliphatic rings. The topological polar surface area (TPSA) is 90.6 Å². The molecule has 0 radical (unpaired) electrons. The average molecular weight is 280 g/mol. The Hall–Kier alpha value is -2.08. The van der Waals surface area contributed by atoms with Crippen molar-refractivity contribution in [3.63, 3.8) is 0 Å². The van der Waals surface area contributed by atoms with E-state index in [2.05, 4.69) is 10.1 Å². The van der Waals surface area contributed by atoms with Crippen molar-refractivity contribution >= 4 is 17.6 Å². The van der Waals surface area contributed by atoms with Crippen LogP contribution in [0.2, 0.25) is 0 Å². The van der Waals surface area contributed by atoms with E-state index in [0.29, 0.717) is 18.0 Å². The molecule has 1 unspecified atom stereocenters. The number of anilines is 1. The van der Waals surface area contributed by atoms with E-state index < -0.39 is 17.9 Å². The van der Waals surface area contributed by atoms with Gasteiger partial charge in [-0.3, -0.25) is 4.79 Å². The monoisotopic (exact) mass is 280 g/mol. The van der Waals surface area contributed by atoms with Gasteiger partial charge in [-0.15, -0.1) is 0 Å². The number of hydrogen-bond donors (Lipinski definition) is 2. The number of nitrogens with one attached hydrogen (secondary N) is 1. The highest BCUT2D eigenvalue weighted by Gasteiger charge is 2.23. The third kappa shape index (κ3) is 4.89. The molecule has 0 aliphatic heterocycles. The van der Waals surface area contributed by atoms with Crippen LogP contribution < -0.4 is 15.8 Å². The summed E-state index contributed by atoms with van der Waals surface area (Å²) >= 11 is 0. The lowest BCUT2D eigenvalue weighted by atomic mass is 10.2. The lowest BCUT2D eigenvalue weighted by molar-refractivity contribution is -0.146. The lowest BCUT2D eigenvalue weighted by Crippen LogP contribution is -2.43. The third-order valence-electron chi connectivity index (χ3n) is 2.40. The molecule has 0 spiro atoms. The first-order valence-electron chi connectivity index (χ1n) is 6.54. The summed E-state index contributed by atoms with van der Waals surface area (Å²) in [6.07, 6.45) is 0.893. The average Bonchev–Trinajstić information content (AvgIpc) is 2.44. The van der Waals surface area contributed by atoms with Gasteiger partial charge in [0.1, 0.15) is 5.75 Å². The Morgan fingerprint density at radius 3 is 2.75 bits per heavy atom. The van der Waals surface area contributed by atoms with Crippen molar-refractivity contribution in [1.82, 2.24) is 0 Å². The Balaban J connectivity index is 2.63. The van der Waals surface area contributed by atoms with Crippen molar-refractivity contribution in [3.8, 4) is 5.75 Å². The quantitative estimate of drug-likeness (QED) is 0.580. The predicted octanol–water partition coefficient (Wildman–Crippen LogP) is 1.30. The summed E-state index contributed by atoms with van der Waals surface area (Å²) in [5, 5.41) is 2.55. The summed E-state index contributed by atoms with van der Waals surface area (Å²) < 4.78 is 10.1. The molecule has 6 heteroatoms. The summed E-state index contributed by atoms with van der Waals surface area (Å²) in [4.78, 5) is 23.1. The van der Waals surface area contributed by atoms with Crippen LogP contribution in [0.1, 0.15) is 20.3 Å². The van der Waals surface area contributed by atoms with Gasteiger partial charge in [0.25, 0.3) is 5.91 Å². The van der Waals surface area contributed by atoms with Crippen LogP contribution in [0.25, 0.3) is 0 Å². The van der Waals surface area contributed by atoms with Crippen LogP contribution in [0.4, 0.5) is 5.69 Å². The molecule has 0 fully saturated rings. The van der Waals surface area contributed by atoms with E-state index in [1.54, 1.807) is 31.2 Å². The number of rotatable bonds is 7. The molecule has 1 aromatic carbocycles. The second kappa shape index (κ2) is 8.16. The van der Waals surface area contributed by atoms with Crippen molar-refractivity contribution in [2.45, 2.75) is 26.3 Å². The van der Waals surface area contributed by atoms with Crippen LogP contribution in [0.3, 0.4) is 0 Å². The predicted molar refractivity (Wildman–Crippen MR) is 75.5 cm³/mol. The minimum atomic E-state index is -1.34. The zero-order valence-electron chi connectivity index (χ0n) is 11.7. The van der Waals surface area contributed by atoms with Crippen LogP contribution in [0.15, 0.2) is 24.3 Å². The second-order valence-corrected chi connectivity index (χ2v) is 4.10. The maximum atomic E-state index is 11.8. The van der Waals surface area contributed by atoms with E-state index in [4.69, 9.17) is 10.5 Å². The van der Waals surface area contributed by atoms with Gasteiger partial charge in [-0.05, 0) is 25.5 Å². The maximum absolute atomic E-state index is 11.8. The molecule has 0 bridgehead atoms. The molecule has 1 rings (SSSR count). The van der Waals surface area contributed by atoms with E-state index >= 15 is 0 Å². The molecule has 1 atom stereocenters. The van der Waals surface area contributed by atoms with E-state index in [0.717, 1.165) is 6.42 Å². The smallest absolute Gasteiger partial charge is 0.332 e. The fourth-order valence-corrected chi connectivity index (χ4v) is 1.44. The van der Waals surface area contributed by atoms with Gasteiger partial charge in [0, 0.05) is 11.8 Å². The van der Waals surface area contributed by atoms with Crippen molar-refractivity contribution < 1.29 is 19.1 Å². The normalized spacial score (nSPS) is 11.6. The first-order chi connectivity index (χ1) is 9.58. The number of ether oxygens (including phenoxy) is 2. The molecule has 1 amide bonds. The van der Waals surface area contributed by atoms with Gasteiger partial charge in [-0.1, -0.05) is 13.0 Å². The Kier molecular flexibility index (Phi) is 6.52. The summed E-state index contributed by atoms with van der Waals surface area (Å²) in [6, 6.07) is 5.56. The molecular weight excluding hydrogens is 260 g/mol. The number of benzene rings is 1. The minimum absolute atomic E-state index is 0.181. The van der Waals surface area contributed by atoms with Gasteiger partial charge < -0.3 is 20.5 Å².